The van der Waals surface area contributed by atoms with E-state index in [1.165, 1.54) is 31.0 Å². The first-order valence-corrected chi connectivity index (χ1v) is 15.1. The second-order valence-corrected chi connectivity index (χ2v) is 11.4. The minimum Gasteiger partial charge on any atom is -0.492 e. The van der Waals surface area contributed by atoms with E-state index in [0.29, 0.717) is 24.5 Å². The van der Waals surface area contributed by atoms with E-state index in [1.807, 2.05) is 30.3 Å². The van der Waals surface area contributed by atoms with Crippen molar-refractivity contribution in [3.63, 3.8) is 0 Å². The van der Waals surface area contributed by atoms with Crippen molar-refractivity contribution >= 4 is 23.8 Å². The van der Waals surface area contributed by atoms with Crippen molar-refractivity contribution in [1.82, 2.24) is 20.9 Å². The highest BCUT2D eigenvalue weighted by molar-refractivity contribution is 5.93. The number of benzene rings is 2. The van der Waals surface area contributed by atoms with Gasteiger partial charge in [0, 0.05) is 32.1 Å². The van der Waals surface area contributed by atoms with E-state index in [-0.39, 0.29) is 24.8 Å². The van der Waals surface area contributed by atoms with Crippen LogP contribution in [0.1, 0.15) is 50.2 Å². The largest absolute Gasteiger partial charge is 0.492 e. The Labute approximate surface area is 252 Å². The molecule has 1 heterocycles. The van der Waals surface area contributed by atoms with Crippen molar-refractivity contribution in [2.45, 2.75) is 69.7 Å². The van der Waals surface area contributed by atoms with Gasteiger partial charge in [-0.05, 0) is 49.4 Å². The number of para-hydroxylation sites is 1. The van der Waals surface area contributed by atoms with Gasteiger partial charge < -0.3 is 30.7 Å². The SMILES string of the molecule is CC(O)[C@H]1C(=O)N[C@H](Cc2ccc(F)cc2)C(=O)NCC=Cc2ccccc2OCCN[C@@H](C2CCCCC2)C(=O)N1C. The molecule has 4 N–H and O–H groups in total. The molecule has 2 aliphatic rings. The maximum Gasteiger partial charge on any atom is 0.246 e. The number of halogens is 1. The Bertz CT molecular complexity index is 1260. The molecule has 4 rings (SSSR count). The van der Waals surface area contributed by atoms with Gasteiger partial charge in [-0.25, -0.2) is 4.39 Å². The third-order valence-electron chi connectivity index (χ3n) is 8.20. The Hall–Kier alpha value is -3.76. The fourth-order valence-electron chi connectivity index (χ4n) is 5.91. The van der Waals surface area contributed by atoms with Crippen molar-refractivity contribution in [1.29, 1.82) is 0 Å². The number of amides is 3. The molecule has 3 amide bonds. The first-order chi connectivity index (χ1) is 20.7. The molecule has 2 aromatic rings. The highest BCUT2D eigenvalue weighted by Crippen LogP contribution is 2.28. The molecule has 1 aliphatic carbocycles. The molecule has 1 fully saturated rings. The number of carbonyl (C=O) groups is 3. The Morgan fingerprint density at radius 3 is 2.47 bits per heavy atom. The lowest BCUT2D eigenvalue weighted by Crippen LogP contribution is -2.61. The predicted molar refractivity (Wildman–Crippen MR) is 163 cm³/mol. The van der Waals surface area contributed by atoms with E-state index in [0.717, 1.165) is 37.7 Å². The normalized spacial score (nSPS) is 24.1. The average molecular weight is 595 g/mol. The number of likely N-dealkylation sites (N-methyl/N-ethyl adjacent to an activating group) is 1. The van der Waals surface area contributed by atoms with Crippen LogP contribution in [0.15, 0.2) is 54.6 Å². The minimum atomic E-state index is -1.23. The molecule has 10 heteroatoms. The third kappa shape index (κ3) is 8.87. The summed E-state index contributed by atoms with van der Waals surface area (Å²) < 4.78 is 19.6. The fourth-order valence-corrected chi connectivity index (χ4v) is 5.91. The maximum absolute atomic E-state index is 14.0. The molecule has 2 aromatic carbocycles. The van der Waals surface area contributed by atoms with Gasteiger partial charge in [-0.1, -0.05) is 61.7 Å². The van der Waals surface area contributed by atoms with Gasteiger partial charge in [0.1, 0.15) is 30.3 Å². The fraction of sp³-hybridized carbons (Fsp3) is 0.485. The first-order valence-electron chi connectivity index (χ1n) is 15.1. The monoisotopic (exact) mass is 594 g/mol. The Kier molecular flexibility index (Phi) is 11.7. The number of hydrogen-bond donors (Lipinski definition) is 4. The Morgan fingerprint density at radius 2 is 1.74 bits per heavy atom. The van der Waals surface area contributed by atoms with Crippen LogP contribution in [-0.4, -0.2) is 78.7 Å². The number of hydrogen-bond acceptors (Lipinski definition) is 6. The second-order valence-electron chi connectivity index (χ2n) is 11.4. The van der Waals surface area contributed by atoms with Crippen LogP contribution < -0.4 is 20.7 Å². The van der Waals surface area contributed by atoms with Crippen molar-refractivity contribution in [2.24, 2.45) is 5.92 Å². The smallest absolute Gasteiger partial charge is 0.246 e. The van der Waals surface area contributed by atoms with Gasteiger partial charge in [0.25, 0.3) is 0 Å². The van der Waals surface area contributed by atoms with Gasteiger partial charge >= 0.3 is 0 Å². The molecule has 0 spiro atoms. The van der Waals surface area contributed by atoms with Crippen molar-refractivity contribution < 1.29 is 28.6 Å². The van der Waals surface area contributed by atoms with Crippen LogP contribution in [0.25, 0.3) is 6.08 Å². The van der Waals surface area contributed by atoms with Crippen LogP contribution in [0.3, 0.4) is 0 Å². The summed E-state index contributed by atoms with van der Waals surface area (Å²) in [5, 5.41) is 19.7. The van der Waals surface area contributed by atoms with E-state index in [1.54, 1.807) is 18.2 Å². The number of carbonyl (C=O) groups excluding carboxylic acids is 3. The van der Waals surface area contributed by atoms with Gasteiger partial charge in [0.15, 0.2) is 0 Å². The molecule has 1 aliphatic heterocycles. The summed E-state index contributed by atoms with van der Waals surface area (Å²) in [7, 11) is 1.52. The van der Waals surface area contributed by atoms with E-state index in [9.17, 15) is 23.9 Å². The second kappa shape index (κ2) is 15.6. The quantitative estimate of drug-likeness (QED) is 0.432. The number of rotatable bonds is 4. The van der Waals surface area contributed by atoms with E-state index >= 15 is 0 Å². The summed E-state index contributed by atoms with van der Waals surface area (Å²) in [5.41, 5.74) is 1.48. The van der Waals surface area contributed by atoms with Gasteiger partial charge in [0.2, 0.25) is 17.7 Å². The number of fused-ring (bicyclic) bond motifs is 1. The number of aliphatic hydroxyl groups excluding tert-OH is 1. The van der Waals surface area contributed by atoms with Crippen molar-refractivity contribution in [3.8, 4) is 5.75 Å². The van der Waals surface area contributed by atoms with Gasteiger partial charge in [-0.3, -0.25) is 14.4 Å². The third-order valence-corrected chi connectivity index (χ3v) is 8.20. The molecular formula is C33H43FN4O5. The molecule has 232 valence electrons. The van der Waals surface area contributed by atoms with Crippen LogP contribution in [0, 0.1) is 11.7 Å². The lowest BCUT2D eigenvalue weighted by Gasteiger charge is -2.37. The van der Waals surface area contributed by atoms with E-state index < -0.39 is 41.9 Å². The summed E-state index contributed by atoms with van der Waals surface area (Å²) >= 11 is 0. The molecule has 9 nitrogen and oxygen atoms in total. The van der Waals surface area contributed by atoms with Crippen LogP contribution in [0.2, 0.25) is 0 Å². The number of aliphatic hydroxyl groups is 1. The molecule has 1 saturated carbocycles. The summed E-state index contributed by atoms with van der Waals surface area (Å²) in [6.07, 6.45) is 7.48. The molecule has 0 saturated heterocycles. The number of nitrogens with zero attached hydrogens (tertiary/aromatic N) is 1. The molecular weight excluding hydrogens is 551 g/mol. The first kappa shape index (κ1) is 32.2. The highest BCUT2D eigenvalue weighted by atomic mass is 19.1. The topological polar surface area (TPSA) is 120 Å². The zero-order chi connectivity index (χ0) is 30.8. The molecule has 0 radical (unpaired) electrons. The Balaban J connectivity index is 1.65. The predicted octanol–water partition coefficient (Wildman–Crippen LogP) is 2.82. The van der Waals surface area contributed by atoms with Crippen LogP contribution in [0.4, 0.5) is 4.39 Å². The highest BCUT2D eigenvalue weighted by Gasteiger charge is 2.38. The van der Waals surface area contributed by atoms with Gasteiger partial charge in [-0.2, -0.15) is 0 Å². The van der Waals surface area contributed by atoms with Crippen molar-refractivity contribution in [3.05, 3.63) is 71.6 Å². The van der Waals surface area contributed by atoms with Crippen molar-refractivity contribution in [2.75, 3.05) is 26.7 Å². The van der Waals surface area contributed by atoms with Crippen LogP contribution in [0.5, 0.6) is 5.75 Å². The molecule has 43 heavy (non-hydrogen) atoms. The van der Waals surface area contributed by atoms with E-state index in [4.69, 9.17) is 4.74 Å². The lowest BCUT2D eigenvalue weighted by atomic mass is 9.83. The summed E-state index contributed by atoms with van der Waals surface area (Å²) in [6, 6.07) is 10.4. The zero-order valence-corrected chi connectivity index (χ0v) is 24.9. The number of ether oxygens (including phenoxy) is 1. The lowest BCUT2D eigenvalue weighted by molar-refractivity contribution is -0.146. The molecule has 0 bridgehead atoms. The van der Waals surface area contributed by atoms with Gasteiger partial charge in [0.05, 0.1) is 12.1 Å². The van der Waals surface area contributed by atoms with Crippen LogP contribution in [-0.2, 0) is 20.8 Å². The van der Waals surface area contributed by atoms with Gasteiger partial charge in [-0.15, -0.1) is 0 Å². The van der Waals surface area contributed by atoms with Crippen LogP contribution >= 0.6 is 0 Å². The summed E-state index contributed by atoms with van der Waals surface area (Å²) in [4.78, 5) is 42.3. The number of nitrogens with one attached hydrogen (secondary N) is 3. The Morgan fingerprint density at radius 1 is 1.02 bits per heavy atom. The van der Waals surface area contributed by atoms with E-state index in [2.05, 4.69) is 16.0 Å². The summed E-state index contributed by atoms with van der Waals surface area (Å²) in [6.45, 7) is 2.38. The zero-order valence-electron chi connectivity index (χ0n) is 24.9. The molecule has 0 aromatic heterocycles. The maximum atomic E-state index is 14.0. The minimum absolute atomic E-state index is 0.0826. The summed E-state index contributed by atoms with van der Waals surface area (Å²) in [5.74, 6) is -1.04. The molecule has 1 unspecified atom stereocenters. The standard InChI is InChI=1S/C33H43FN4O5/c1-22(39)30-32(41)37-27(21-23-14-16-26(34)17-15-23)31(40)36-18-8-12-24-9-6-7-13-28(24)43-20-19-35-29(33(42)38(30)2)25-10-4-3-5-11-25/h6-9,12-17,22,25,27,29-30,35,39H,3-5,10-11,18-21H2,1-2H3,(H,36,40)(H,37,41)/t22?,27-,29+,30+/m1/s1. The molecule has 4 atom stereocenters. The average Bonchev–Trinajstić information content (AvgIpc) is 3.00.